The molecule has 4 heterocycles. The number of aromatic nitrogens is 4. The molecule has 0 saturated heterocycles. The fraction of sp³-hybridized carbons (Fsp3) is 0.0649. The molecule has 1 spiro atoms. The Balaban J connectivity index is 0.00000565. The minimum Gasteiger partial charge on any atom is -0.510 e. The first-order chi connectivity index (χ1) is 40.3. The molecule has 0 bridgehead atoms. The molecule has 0 fully saturated rings. The van der Waals surface area contributed by atoms with Gasteiger partial charge in [0.15, 0.2) is 0 Å². The molecule has 0 saturated carbocycles. The van der Waals surface area contributed by atoms with Crippen molar-refractivity contribution in [3.8, 4) is 95.5 Å². The second-order valence-corrected chi connectivity index (χ2v) is 23.0. The van der Waals surface area contributed by atoms with Crippen LogP contribution >= 0.6 is 0 Å². The smallest absolute Gasteiger partial charge is 0.268 e. The molecule has 3 aromatic heterocycles. The number of ether oxygens (including phenoxy) is 1. The maximum atomic E-state index is 6.77. The van der Waals surface area contributed by atoms with Crippen LogP contribution in [0.1, 0.15) is 48.6 Å². The summed E-state index contributed by atoms with van der Waals surface area (Å²) in [5.74, 6) is 1.99. The molecule has 6 heteroatoms. The maximum Gasteiger partial charge on any atom is 0.268 e. The van der Waals surface area contributed by atoms with Crippen LogP contribution in [0.2, 0.25) is 0 Å². The Morgan fingerprint density at radius 3 is 1.80 bits per heavy atom. The Morgan fingerprint density at radius 1 is 0.458 bits per heavy atom. The summed E-state index contributed by atoms with van der Waals surface area (Å²) in [5, 5.41) is 2.21. The van der Waals surface area contributed by atoms with Gasteiger partial charge in [-0.2, -0.15) is 18.2 Å². The Labute approximate surface area is 496 Å². The summed E-state index contributed by atoms with van der Waals surface area (Å²) in [6.45, 7) is 6.69. The molecule has 2 aliphatic carbocycles. The first kappa shape index (κ1) is 49.2. The summed E-state index contributed by atoms with van der Waals surface area (Å²) in [5.41, 5.74) is 26.3. The number of pyridine rings is 1. The van der Waals surface area contributed by atoms with Gasteiger partial charge < -0.3 is 13.9 Å². The van der Waals surface area contributed by atoms with Crippen LogP contribution in [0.15, 0.2) is 249 Å². The van der Waals surface area contributed by atoms with E-state index < -0.39 is 5.41 Å². The van der Waals surface area contributed by atoms with Gasteiger partial charge in [0.1, 0.15) is 5.82 Å². The zero-order valence-corrected chi connectivity index (χ0v) is 48.0. The molecule has 0 amide bonds. The van der Waals surface area contributed by atoms with E-state index in [1.54, 1.807) is 0 Å². The van der Waals surface area contributed by atoms with Crippen LogP contribution in [-0.4, -0.2) is 14.1 Å². The fourth-order valence-electron chi connectivity index (χ4n) is 14.1. The minimum absolute atomic E-state index is 0. The van der Waals surface area contributed by atoms with Crippen LogP contribution in [-0.2, 0) is 31.9 Å². The predicted octanol–water partition coefficient (Wildman–Crippen LogP) is 18.2. The molecule has 11 aromatic carbocycles. The van der Waals surface area contributed by atoms with Crippen LogP contribution in [0, 0.1) is 18.5 Å². The van der Waals surface area contributed by atoms with Gasteiger partial charge in [0.05, 0.1) is 22.1 Å². The van der Waals surface area contributed by atoms with Gasteiger partial charge in [-0.1, -0.05) is 208 Å². The topological polar surface area (TPSA) is 35.9 Å². The monoisotopic (exact) mass is 1240 g/mol. The normalized spacial score (nSPS) is 13.0. The third kappa shape index (κ3) is 7.11. The molecule has 0 N–H and O–H groups in total. The van der Waals surface area contributed by atoms with Crippen LogP contribution in [0.5, 0.6) is 11.5 Å². The van der Waals surface area contributed by atoms with E-state index >= 15 is 0 Å². The third-order valence-electron chi connectivity index (χ3n) is 17.6. The Morgan fingerprint density at radius 2 is 1.04 bits per heavy atom. The summed E-state index contributed by atoms with van der Waals surface area (Å²) in [6, 6.07) is 95.9. The summed E-state index contributed by atoms with van der Waals surface area (Å²) >= 11 is 0. The van der Waals surface area contributed by atoms with Crippen molar-refractivity contribution in [2.24, 2.45) is 0 Å². The van der Waals surface area contributed by atoms with E-state index in [-0.39, 0.29) is 26.5 Å². The van der Waals surface area contributed by atoms with Crippen molar-refractivity contribution in [1.82, 2.24) is 14.1 Å². The number of hydrogen-bond acceptors (Lipinski definition) is 2. The van der Waals surface area contributed by atoms with Gasteiger partial charge in [-0.05, 0) is 141 Å². The Bertz CT molecular complexity index is 4990. The quantitative estimate of drug-likeness (QED) is 0.127. The Hall–Kier alpha value is -9.67. The van der Waals surface area contributed by atoms with Gasteiger partial charge in [0, 0.05) is 44.3 Å². The summed E-state index contributed by atoms with van der Waals surface area (Å²) in [7, 11) is 0. The zero-order chi connectivity index (χ0) is 54.4. The molecule has 0 unspecified atom stereocenters. The van der Waals surface area contributed by atoms with Gasteiger partial charge in [-0.3, -0.25) is 4.57 Å². The molecule has 1 aliphatic heterocycles. The van der Waals surface area contributed by atoms with Gasteiger partial charge >= 0.3 is 0 Å². The Kier molecular flexibility index (Phi) is 10.9. The molecule has 0 radical (unpaired) electrons. The fourth-order valence-corrected chi connectivity index (χ4v) is 14.1. The molecule has 0 atom stereocenters. The van der Waals surface area contributed by atoms with E-state index in [1.807, 2.05) is 24.4 Å². The average Bonchev–Trinajstić information content (AvgIpc) is 1.78. The second-order valence-electron chi connectivity index (χ2n) is 23.0. The first-order valence-corrected chi connectivity index (χ1v) is 28.2. The van der Waals surface area contributed by atoms with Crippen molar-refractivity contribution < 1.29 is 30.4 Å². The van der Waals surface area contributed by atoms with E-state index in [0.717, 1.165) is 66.7 Å². The van der Waals surface area contributed by atoms with E-state index in [9.17, 15) is 0 Å². The van der Waals surface area contributed by atoms with Crippen LogP contribution in [0.3, 0.4) is 0 Å². The largest absolute Gasteiger partial charge is 0.510 e. The van der Waals surface area contributed by atoms with Crippen LogP contribution in [0.25, 0.3) is 117 Å². The number of nitrogens with zero attached hydrogens (tertiary/aromatic N) is 4. The molecule has 83 heavy (non-hydrogen) atoms. The molecular formula is C77H50N4OPt-2. The van der Waals surface area contributed by atoms with E-state index in [4.69, 9.17) is 9.72 Å². The minimum atomic E-state index is -0.418. The molecule has 17 rings (SSSR count). The van der Waals surface area contributed by atoms with Gasteiger partial charge in [0.25, 0.3) is 6.33 Å². The van der Waals surface area contributed by atoms with Crippen LogP contribution < -0.4 is 9.30 Å². The molecule has 14 aromatic rings. The van der Waals surface area contributed by atoms with Crippen molar-refractivity contribution in [3.63, 3.8) is 0 Å². The SMILES string of the molecule is CC(C)(C)c1ccnc(-n2c3[c-]c(Oc4[c-]c(-n5[c-][n+]6c7c(cccc75)-c5ccccc5-c5cccc(-c7ccc8c(c7)-c7ccccc7C87c8ccccc8-c8ccccc87)c5-c5ccccc5-6)ccc4)ccc3c3ccccc32)c1.[Pt]. The van der Waals surface area contributed by atoms with E-state index in [0.29, 0.717) is 11.5 Å². The predicted molar refractivity (Wildman–Crippen MR) is 330 cm³/mol. The average molecular weight is 1240 g/mol. The summed E-state index contributed by atoms with van der Waals surface area (Å²) < 4.78 is 13.4. The van der Waals surface area contributed by atoms with Crippen molar-refractivity contribution >= 4 is 32.8 Å². The standard InChI is InChI=1S/C77H50N4O.Pt/c1-76(2,3)49-41-42-78-73(44-49)81-70-35-15-9-26-59(70)60-39-38-52(46-72(60)81)82-51-20-16-19-50(45-51)79-47-80-69-34-14-10-27-63(69)74-53(28-17-29-61(74)54-21-4-5-22-55(54)62-30-18-36-71(79)75(62)80)48-37-40-68-64(43-48)58-25-8-13-33-67(58)77(68)65-31-11-6-23-56(65)57-24-7-12-32-66(57)77;/h4-44H,1-3H3;/q-2;. The maximum absolute atomic E-state index is 6.77. The van der Waals surface area contributed by atoms with Gasteiger partial charge in [-0.25, -0.2) is 4.98 Å². The van der Waals surface area contributed by atoms with Gasteiger partial charge in [0.2, 0.25) is 0 Å². The number of imidazole rings is 1. The van der Waals surface area contributed by atoms with Crippen molar-refractivity contribution in [2.75, 3.05) is 0 Å². The van der Waals surface area contributed by atoms with Crippen molar-refractivity contribution in [3.05, 3.63) is 295 Å². The van der Waals surface area contributed by atoms with E-state index in [2.05, 4.69) is 277 Å². The number of benzene rings is 11. The molecule has 396 valence electrons. The number of para-hydroxylation sites is 3. The number of rotatable bonds is 5. The van der Waals surface area contributed by atoms with Crippen molar-refractivity contribution in [1.29, 1.82) is 0 Å². The molecule has 5 nitrogen and oxygen atoms in total. The van der Waals surface area contributed by atoms with Crippen LogP contribution in [0.4, 0.5) is 0 Å². The first-order valence-electron chi connectivity index (χ1n) is 28.2. The van der Waals surface area contributed by atoms with E-state index in [1.165, 1.54) is 77.9 Å². The summed E-state index contributed by atoms with van der Waals surface area (Å²) in [4.78, 5) is 4.90. The van der Waals surface area contributed by atoms with Crippen molar-refractivity contribution in [2.45, 2.75) is 31.6 Å². The number of fused-ring (bicyclic) bond motifs is 20. The molecular weight excluding hydrogens is 1190 g/mol. The summed E-state index contributed by atoms with van der Waals surface area (Å²) in [6.07, 6.45) is 5.81. The zero-order valence-electron chi connectivity index (χ0n) is 45.7. The van der Waals surface area contributed by atoms with Gasteiger partial charge in [-0.15, -0.1) is 29.7 Å². The second kappa shape index (κ2) is 18.4. The third-order valence-corrected chi connectivity index (χ3v) is 17.6. The molecule has 3 aliphatic rings. The number of hydrogen-bond donors (Lipinski definition) is 0.